The van der Waals surface area contributed by atoms with E-state index in [4.69, 9.17) is 11.6 Å². The third-order valence-corrected chi connectivity index (χ3v) is 5.06. The van der Waals surface area contributed by atoms with E-state index in [-0.39, 0.29) is 5.69 Å². The summed E-state index contributed by atoms with van der Waals surface area (Å²) < 4.78 is 39.7. The van der Waals surface area contributed by atoms with Crippen molar-refractivity contribution >= 4 is 34.5 Å². The van der Waals surface area contributed by atoms with E-state index >= 15 is 0 Å². The summed E-state index contributed by atoms with van der Waals surface area (Å²) in [6.45, 7) is 1.49. The Balaban J connectivity index is 1.79. The molecule has 10 heteroatoms. The third kappa shape index (κ3) is 4.60. The van der Waals surface area contributed by atoms with Crippen LogP contribution in [0.5, 0.6) is 0 Å². The highest BCUT2D eigenvalue weighted by Gasteiger charge is 2.33. The van der Waals surface area contributed by atoms with Crippen LogP contribution < -0.4 is 10.9 Å². The molecule has 3 aromatic rings. The Kier molecular flexibility index (Phi) is 5.57. The second-order valence-electron chi connectivity index (χ2n) is 5.87. The predicted molar refractivity (Wildman–Crippen MR) is 102 cm³/mol. The maximum absolute atomic E-state index is 12.9. The number of anilines is 1. The van der Waals surface area contributed by atoms with Crippen LogP contribution in [0.2, 0.25) is 5.02 Å². The fourth-order valence-corrected chi connectivity index (χ4v) is 3.48. The molecule has 146 valence electrons. The largest absolute Gasteiger partial charge is 0.417 e. The molecule has 0 spiro atoms. The van der Waals surface area contributed by atoms with Crippen LogP contribution >= 0.6 is 22.9 Å². The lowest BCUT2D eigenvalue weighted by Gasteiger charge is -2.12. The Morgan fingerprint density at radius 1 is 1.21 bits per heavy atom. The summed E-state index contributed by atoms with van der Waals surface area (Å²) in [6.07, 6.45) is -4.65. The first-order valence-corrected chi connectivity index (χ1v) is 9.14. The molecule has 0 unspecified atom stereocenters. The maximum atomic E-state index is 12.9. The van der Waals surface area contributed by atoms with Crippen molar-refractivity contribution in [2.45, 2.75) is 19.6 Å². The number of amides is 1. The van der Waals surface area contributed by atoms with E-state index in [0.717, 1.165) is 26.6 Å². The number of carbonyl (C=O) groups is 1. The van der Waals surface area contributed by atoms with Gasteiger partial charge in [-0.3, -0.25) is 9.59 Å². The molecule has 0 saturated heterocycles. The molecular formula is C18H13ClF3N3O2S. The second-order valence-corrected chi connectivity index (χ2v) is 7.56. The van der Waals surface area contributed by atoms with E-state index < -0.39 is 34.8 Å². The Morgan fingerprint density at radius 3 is 2.61 bits per heavy atom. The molecule has 1 N–H and O–H groups in total. The molecule has 0 radical (unpaired) electrons. The summed E-state index contributed by atoms with van der Waals surface area (Å²) in [5.74, 6) is -0.690. The van der Waals surface area contributed by atoms with E-state index in [9.17, 15) is 22.8 Å². The summed E-state index contributed by atoms with van der Waals surface area (Å²) in [5.41, 5.74) is -1.12. The van der Waals surface area contributed by atoms with Crippen LogP contribution in [-0.2, 0) is 17.5 Å². The Morgan fingerprint density at radius 2 is 1.96 bits per heavy atom. The molecule has 2 heterocycles. The summed E-state index contributed by atoms with van der Waals surface area (Å²) in [5, 5.41) is 6.02. The normalized spacial score (nSPS) is 11.5. The molecule has 0 aliphatic heterocycles. The first kappa shape index (κ1) is 20.1. The summed E-state index contributed by atoms with van der Waals surface area (Å²) in [4.78, 5) is 26.1. The smallest absolute Gasteiger partial charge is 0.324 e. The Labute approximate surface area is 166 Å². The maximum Gasteiger partial charge on any atom is 0.417 e. The van der Waals surface area contributed by atoms with Crippen molar-refractivity contribution in [1.82, 2.24) is 9.78 Å². The van der Waals surface area contributed by atoms with Gasteiger partial charge in [0, 0.05) is 16.6 Å². The van der Waals surface area contributed by atoms with Gasteiger partial charge in [0.2, 0.25) is 5.91 Å². The SMILES string of the molecule is Cc1ccc(-c2ccc(=O)n(CC(=O)Nc3ccc(Cl)c(C(F)(F)F)c3)n2)s1. The molecule has 0 fully saturated rings. The van der Waals surface area contributed by atoms with E-state index in [1.54, 1.807) is 6.07 Å². The van der Waals surface area contributed by atoms with Crippen molar-refractivity contribution in [2.24, 2.45) is 0 Å². The van der Waals surface area contributed by atoms with Crippen LogP contribution in [0.15, 0.2) is 47.3 Å². The summed E-state index contributed by atoms with van der Waals surface area (Å²) >= 11 is 7.04. The molecular weight excluding hydrogens is 415 g/mol. The topological polar surface area (TPSA) is 64.0 Å². The number of benzene rings is 1. The number of hydrogen-bond acceptors (Lipinski definition) is 4. The van der Waals surface area contributed by atoms with Gasteiger partial charge in [0.15, 0.2) is 0 Å². The number of nitrogens with zero attached hydrogens (tertiary/aromatic N) is 2. The third-order valence-electron chi connectivity index (χ3n) is 3.71. The molecule has 0 aliphatic rings. The van der Waals surface area contributed by atoms with Crippen molar-refractivity contribution in [2.75, 3.05) is 5.32 Å². The van der Waals surface area contributed by atoms with Gasteiger partial charge in [-0.05, 0) is 43.3 Å². The molecule has 5 nitrogen and oxygen atoms in total. The van der Waals surface area contributed by atoms with Crippen molar-refractivity contribution in [3.63, 3.8) is 0 Å². The van der Waals surface area contributed by atoms with E-state index in [2.05, 4.69) is 10.4 Å². The number of thiophene rings is 1. The molecule has 1 aromatic carbocycles. The highest BCUT2D eigenvalue weighted by atomic mass is 35.5. The molecule has 0 atom stereocenters. The number of hydrogen-bond donors (Lipinski definition) is 1. The van der Waals surface area contributed by atoms with Crippen molar-refractivity contribution < 1.29 is 18.0 Å². The number of alkyl halides is 3. The zero-order valence-corrected chi connectivity index (χ0v) is 16.0. The second kappa shape index (κ2) is 7.76. The molecule has 2 aromatic heterocycles. The van der Waals surface area contributed by atoms with Gasteiger partial charge in [-0.2, -0.15) is 18.3 Å². The molecule has 0 saturated carbocycles. The summed E-state index contributed by atoms with van der Waals surface area (Å²) in [7, 11) is 0. The van der Waals surface area contributed by atoms with Gasteiger partial charge >= 0.3 is 6.18 Å². The quantitative estimate of drug-likeness (QED) is 0.662. The van der Waals surface area contributed by atoms with Crippen molar-refractivity contribution in [3.05, 3.63) is 68.3 Å². The van der Waals surface area contributed by atoms with Crippen LogP contribution in [-0.4, -0.2) is 15.7 Å². The highest BCUT2D eigenvalue weighted by molar-refractivity contribution is 7.15. The lowest BCUT2D eigenvalue weighted by atomic mass is 10.2. The average molecular weight is 428 g/mol. The minimum atomic E-state index is -4.65. The fraction of sp³-hybridized carbons (Fsp3) is 0.167. The van der Waals surface area contributed by atoms with Gasteiger partial charge in [0.1, 0.15) is 12.2 Å². The fourth-order valence-electron chi connectivity index (χ4n) is 2.42. The lowest BCUT2D eigenvalue weighted by molar-refractivity contribution is -0.137. The highest BCUT2D eigenvalue weighted by Crippen LogP contribution is 2.36. The molecule has 0 bridgehead atoms. The molecule has 3 rings (SSSR count). The van der Waals surface area contributed by atoms with Gasteiger partial charge < -0.3 is 5.32 Å². The minimum absolute atomic E-state index is 0.0835. The Hall–Kier alpha value is -2.65. The number of nitrogens with one attached hydrogen (secondary N) is 1. The number of rotatable bonds is 4. The first-order valence-electron chi connectivity index (χ1n) is 7.95. The van der Waals surface area contributed by atoms with E-state index in [0.29, 0.717) is 5.69 Å². The van der Waals surface area contributed by atoms with Crippen LogP contribution in [0.25, 0.3) is 10.6 Å². The van der Waals surface area contributed by atoms with Crippen LogP contribution in [0.1, 0.15) is 10.4 Å². The van der Waals surface area contributed by atoms with Gasteiger partial charge in [0.25, 0.3) is 5.56 Å². The number of aromatic nitrogens is 2. The number of aryl methyl sites for hydroxylation is 1. The van der Waals surface area contributed by atoms with Gasteiger partial charge in [-0.1, -0.05) is 11.6 Å². The molecule has 28 heavy (non-hydrogen) atoms. The zero-order valence-electron chi connectivity index (χ0n) is 14.4. The molecule has 0 aliphatic carbocycles. The van der Waals surface area contributed by atoms with Gasteiger partial charge in [0.05, 0.1) is 15.5 Å². The standard InChI is InChI=1S/C18H13ClF3N3O2S/c1-10-2-6-15(28-10)14-5-7-17(27)25(24-14)9-16(26)23-11-3-4-13(19)12(8-11)18(20,21)22/h2-8H,9H2,1H3,(H,23,26). The van der Waals surface area contributed by atoms with Gasteiger partial charge in [-0.15, -0.1) is 11.3 Å². The first-order chi connectivity index (χ1) is 13.1. The van der Waals surface area contributed by atoms with Crippen LogP contribution in [0, 0.1) is 6.92 Å². The summed E-state index contributed by atoms with van der Waals surface area (Å²) in [6, 6.07) is 9.62. The van der Waals surface area contributed by atoms with Gasteiger partial charge in [-0.25, -0.2) is 4.68 Å². The van der Waals surface area contributed by atoms with E-state index in [1.807, 2.05) is 19.1 Å². The predicted octanol–water partition coefficient (Wildman–Crippen LogP) is 4.59. The number of halogens is 4. The average Bonchev–Trinajstić information content (AvgIpc) is 3.04. The lowest BCUT2D eigenvalue weighted by Crippen LogP contribution is -2.29. The minimum Gasteiger partial charge on any atom is -0.324 e. The monoisotopic (exact) mass is 427 g/mol. The van der Waals surface area contributed by atoms with Crippen molar-refractivity contribution in [1.29, 1.82) is 0 Å². The van der Waals surface area contributed by atoms with Crippen molar-refractivity contribution in [3.8, 4) is 10.6 Å². The van der Waals surface area contributed by atoms with Crippen LogP contribution in [0.4, 0.5) is 18.9 Å². The Bertz CT molecular complexity index is 1090. The molecule has 1 amide bonds. The van der Waals surface area contributed by atoms with E-state index in [1.165, 1.54) is 23.5 Å². The zero-order chi connectivity index (χ0) is 20.5. The number of carbonyl (C=O) groups excluding carboxylic acids is 1. The van der Waals surface area contributed by atoms with Crippen LogP contribution in [0.3, 0.4) is 0 Å².